The van der Waals surface area contributed by atoms with Gasteiger partial charge in [0, 0.05) is 5.56 Å². The van der Waals surface area contributed by atoms with Gasteiger partial charge < -0.3 is 10.5 Å². The average Bonchev–Trinajstić information content (AvgIpc) is 2.40. The van der Waals surface area contributed by atoms with Crippen molar-refractivity contribution in [3.63, 3.8) is 0 Å². The fourth-order valence-electron chi connectivity index (χ4n) is 2.15. The van der Waals surface area contributed by atoms with Crippen LogP contribution in [0.3, 0.4) is 0 Å². The predicted molar refractivity (Wildman–Crippen MR) is 78.3 cm³/mol. The van der Waals surface area contributed by atoms with Crippen molar-refractivity contribution in [1.82, 2.24) is 4.90 Å². The third kappa shape index (κ3) is 4.29. The van der Waals surface area contributed by atoms with Gasteiger partial charge in [0.1, 0.15) is 10.7 Å². The van der Waals surface area contributed by atoms with Gasteiger partial charge in [0.2, 0.25) is 0 Å². The number of benzene rings is 1. The monoisotopic (exact) mass is 278 g/mol. The minimum atomic E-state index is -0.218. The van der Waals surface area contributed by atoms with Crippen molar-refractivity contribution in [2.45, 2.75) is 19.3 Å². The van der Waals surface area contributed by atoms with E-state index in [1.165, 1.54) is 6.42 Å². The number of likely N-dealkylation sites (tertiary alicyclic amines) is 1. The van der Waals surface area contributed by atoms with Gasteiger partial charge in [-0.05, 0) is 50.2 Å². The number of piperidine rings is 1. The molecule has 1 aliphatic rings. The highest BCUT2D eigenvalue weighted by Crippen LogP contribution is 2.13. The molecule has 2 rings (SSSR count). The normalized spacial score (nSPS) is 16.0. The molecule has 1 aromatic rings. The molecule has 0 atom stereocenters. The SMILES string of the molecule is NC(=S)c1ccc(OC(=O)CN2CCCCC2)cc1. The molecule has 0 spiro atoms. The van der Waals surface area contributed by atoms with Crippen molar-refractivity contribution in [3.05, 3.63) is 29.8 Å². The summed E-state index contributed by atoms with van der Waals surface area (Å²) < 4.78 is 5.29. The first-order chi connectivity index (χ1) is 9.15. The molecule has 102 valence electrons. The van der Waals surface area contributed by atoms with Crippen LogP contribution in [-0.4, -0.2) is 35.5 Å². The maximum absolute atomic E-state index is 11.8. The highest BCUT2D eigenvalue weighted by Gasteiger charge is 2.15. The van der Waals surface area contributed by atoms with Crippen LogP contribution in [0.2, 0.25) is 0 Å². The van der Waals surface area contributed by atoms with E-state index >= 15 is 0 Å². The van der Waals surface area contributed by atoms with Crippen molar-refractivity contribution in [2.24, 2.45) is 5.73 Å². The van der Waals surface area contributed by atoms with Gasteiger partial charge in [0.05, 0.1) is 6.54 Å². The lowest BCUT2D eigenvalue weighted by Crippen LogP contribution is -2.36. The third-order valence-corrected chi connectivity index (χ3v) is 3.41. The van der Waals surface area contributed by atoms with Gasteiger partial charge in [0.25, 0.3) is 0 Å². The van der Waals surface area contributed by atoms with Crippen LogP contribution in [0.25, 0.3) is 0 Å². The molecule has 0 bridgehead atoms. The fraction of sp³-hybridized carbons (Fsp3) is 0.429. The Labute approximate surface area is 118 Å². The Morgan fingerprint density at radius 1 is 1.21 bits per heavy atom. The molecule has 2 N–H and O–H groups in total. The molecule has 1 aromatic carbocycles. The van der Waals surface area contributed by atoms with Crippen LogP contribution >= 0.6 is 12.2 Å². The summed E-state index contributed by atoms with van der Waals surface area (Å²) in [5, 5.41) is 0. The zero-order chi connectivity index (χ0) is 13.7. The molecule has 0 radical (unpaired) electrons. The van der Waals surface area contributed by atoms with E-state index in [-0.39, 0.29) is 5.97 Å². The predicted octanol–water partition coefficient (Wildman–Crippen LogP) is 1.71. The lowest BCUT2D eigenvalue weighted by Gasteiger charge is -2.25. The molecule has 5 heteroatoms. The number of ether oxygens (including phenoxy) is 1. The van der Waals surface area contributed by atoms with E-state index in [0.717, 1.165) is 31.5 Å². The molecule has 0 saturated carbocycles. The fourth-order valence-corrected chi connectivity index (χ4v) is 2.29. The number of hydrogen-bond donors (Lipinski definition) is 1. The van der Waals surface area contributed by atoms with Gasteiger partial charge in [-0.2, -0.15) is 0 Å². The van der Waals surface area contributed by atoms with E-state index in [1.807, 2.05) is 0 Å². The topological polar surface area (TPSA) is 55.6 Å². The molecular weight excluding hydrogens is 260 g/mol. The van der Waals surface area contributed by atoms with Gasteiger partial charge in [-0.25, -0.2) is 0 Å². The molecule has 0 aliphatic carbocycles. The third-order valence-electron chi connectivity index (χ3n) is 3.17. The molecule has 1 heterocycles. The quantitative estimate of drug-likeness (QED) is 0.516. The Morgan fingerprint density at radius 3 is 2.42 bits per heavy atom. The van der Waals surface area contributed by atoms with Crippen LogP contribution < -0.4 is 10.5 Å². The molecule has 0 unspecified atom stereocenters. The number of hydrogen-bond acceptors (Lipinski definition) is 4. The van der Waals surface area contributed by atoms with Crippen molar-refractivity contribution in [2.75, 3.05) is 19.6 Å². The second-order valence-corrected chi connectivity index (χ2v) is 5.14. The Morgan fingerprint density at radius 2 is 1.84 bits per heavy atom. The standard InChI is InChI=1S/C14H18N2O2S/c15-14(19)11-4-6-12(7-5-11)18-13(17)10-16-8-2-1-3-9-16/h4-7H,1-3,8-10H2,(H2,15,19). The highest BCUT2D eigenvalue weighted by atomic mass is 32.1. The highest BCUT2D eigenvalue weighted by molar-refractivity contribution is 7.80. The molecule has 0 amide bonds. The van der Waals surface area contributed by atoms with Gasteiger partial charge >= 0.3 is 5.97 Å². The first kappa shape index (κ1) is 14.0. The Hall–Kier alpha value is -1.46. The molecule has 0 aromatic heterocycles. The maximum Gasteiger partial charge on any atom is 0.325 e. The van der Waals surface area contributed by atoms with Gasteiger partial charge in [0.15, 0.2) is 0 Å². The number of carbonyl (C=O) groups excluding carboxylic acids is 1. The van der Waals surface area contributed by atoms with Crippen LogP contribution in [0.5, 0.6) is 5.75 Å². The first-order valence-electron chi connectivity index (χ1n) is 6.48. The zero-order valence-corrected chi connectivity index (χ0v) is 11.6. The van der Waals surface area contributed by atoms with Crippen molar-refractivity contribution < 1.29 is 9.53 Å². The summed E-state index contributed by atoms with van der Waals surface area (Å²) in [6.45, 7) is 2.32. The first-order valence-corrected chi connectivity index (χ1v) is 6.89. The Kier molecular flexibility index (Phi) is 4.87. The van der Waals surface area contributed by atoms with Crippen molar-refractivity contribution >= 4 is 23.2 Å². The van der Waals surface area contributed by atoms with Gasteiger partial charge in [-0.1, -0.05) is 18.6 Å². The lowest BCUT2D eigenvalue weighted by molar-refractivity contribution is -0.135. The number of thiocarbonyl (C=S) groups is 1. The van der Waals surface area contributed by atoms with E-state index < -0.39 is 0 Å². The van der Waals surface area contributed by atoms with Crippen molar-refractivity contribution in [1.29, 1.82) is 0 Å². The van der Waals surface area contributed by atoms with E-state index in [4.69, 9.17) is 22.7 Å². The molecule has 1 fully saturated rings. The number of esters is 1. The van der Waals surface area contributed by atoms with E-state index in [9.17, 15) is 4.79 Å². The number of nitrogens with zero attached hydrogens (tertiary/aromatic N) is 1. The van der Waals surface area contributed by atoms with E-state index in [1.54, 1.807) is 24.3 Å². The Balaban J connectivity index is 1.85. The summed E-state index contributed by atoms with van der Waals surface area (Å²) in [7, 11) is 0. The zero-order valence-electron chi connectivity index (χ0n) is 10.8. The van der Waals surface area contributed by atoms with Crippen LogP contribution in [0, 0.1) is 0 Å². The van der Waals surface area contributed by atoms with E-state index in [2.05, 4.69) is 4.90 Å². The van der Waals surface area contributed by atoms with Gasteiger partial charge in [-0.15, -0.1) is 0 Å². The van der Waals surface area contributed by atoms with Crippen LogP contribution in [0.1, 0.15) is 24.8 Å². The van der Waals surface area contributed by atoms with Crippen LogP contribution in [-0.2, 0) is 4.79 Å². The summed E-state index contributed by atoms with van der Waals surface area (Å²) in [6.07, 6.45) is 3.58. The maximum atomic E-state index is 11.8. The summed E-state index contributed by atoms with van der Waals surface area (Å²) in [5.41, 5.74) is 6.28. The second kappa shape index (κ2) is 6.63. The summed E-state index contributed by atoms with van der Waals surface area (Å²) in [6, 6.07) is 6.93. The average molecular weight is 278 g/mol. The Bertz CT molecular complexity index is 453. The van der Waals surface area contributed by atoms with Gasteiger partial charge in [-0.3, -0.25) is 9.69 Å². The van der Waals surface area contributed by atoms with Crippen LogP contribution in [0.15, 0.2) is 24.3 Å². The minimum absolute atomic E-state index is 0.218. The molecular formula is C14H18N2O2S. The van der Waals surface area contributed by atoms with E-state index in [0.29, 0.717) is 17.3 Å². The molecule has 4 nitrogen and oxygen atoms in total. The summed E-state index contributed by atoms with van der Waals surface area (Å²) in [4.78, 5) is 14.3. The smallest absolute Gasteiger partial charge is 0.325 e. The summed E-state index contributed by atoms with van der Waals surface area (Å²) >= 11 is 4.86. The number of carbonyl (C=O) groups is 1. The summed E-state index contributed by atoms with van der Waals surface area (Å²) in [5.74, 6) is 0.312. The molecule has 19 heavy (non-hydrogen) atoms. The van der Waals surface area contributed by atoms with Crippen molar-refractivity contribution in [3.8, 4) is 5.75 Å². The lowest BCUT2D eigenvalue weighted by atomic mass is 10.1. The largest absolute Gasteiger partial charge is 0.426 e. The van der Waals surface area contributed by atoms with Crippen LogP contribution in [0.4, 0.5) is 0 Å². The molecule has 1 saturated heterocycles. The molecule has 1 aliphatic heterocycles. The second-order valence-electron chi connectivity index (χ2n) is 4.70. The minimum Gasteiger partial charge on any atom is -0.426 e. The number of rotatable bonds is 4. The number of nitrogens with two attached hydrogens (primary N) is 1.